The molecule has 2 heterocycles. The van der Waals surface area contributed by atoms with Gasteiger partial charge in [0, 0.05) is 22.5 Å². The number of methoxy groups -OCH3 is 3. The van der Waals surface area contributed by atoms with Crippen molar-refractivity contribution >= 4 is 27.1 Å². The average Bonchev–Trinajstić information content (AvgIpc) is 3.09. The van der Waals surface area contributed by atoms with E-state index in [2.05, 4.69) is 24.1 Å². The molecule has 0 bridgehead atoms. The number of carbonyl (C=O) groups is 1. The Hall–Kier alpha value is -2.98. The summed E-state index contributed by atoms with van der Waals surface area (Å²) in [6.45, 7) is 8.68. The van der Waals surface area contributed by atoms with Crippen molar-refractivity contribution in [3.8, 4) is 28.5 Å². The van der Waals surface area contributed by atoms with Crippen molar-refractivity contribution in [1.82, 2.24) is 19.9 Å². The highest BCUT2D eigenvalue weighted by atomic mass is 32.3. The second-order valence-electron chi connectivity index (χ2n) is 10.8. The van der Waals surface area contributed by atoms with Gasteiger partial charge in [-0.25, -0.2) is 20.0 Å². The lowest BCUT2D eigenvalue weighted by Crippen LogP contribution is -2.40. The fraction of sp³-hybridized carbons (Fsp3) is 0.519. The van der Waals surface area contributed by atoms with Gasteiger partial charge in [-0.1, -0.05) is 0 Å². The molecule has 9 nitrogen and oxygen atoms in total. The van der Waals surface area contributed by atoms with Crippen LogP contribution in [0.25, 0.3) is 22.4 Å². The maximum atomic E-state index is 13.4. The summed E-state index contributed by atoms with van der Waals surface area (Å²) in [4.78, 5) is 23.1. The number of rotatable bonds is 10. The number of fused-ring (bicyclic) bond motifs is 1. The maximum Gasteiger partial charge on any atom is 0.255 e. The molecule has 0 spiro atoms. The predicted octanol–water partition coefficient (Wildman–Crippen LogP) is 4.63. The molecule has 0 aliphatic carbocycles. The fourth-order valence-corrected chi connectivity index (χ4v) is 4.50. The van der Waals surface area contributed by atoms with Gasteiger partial charge in [-0.05, 0) is 58.6 Å². The molecule has 1 N–H and O–H groups in total. The van der Waals surface area contributed by atoms with Crippen molar-refractivity contribution in [3.63, 3.8) is 0 Å². The monoisotopic (exact) mass is 532 g/mol. The summed E-state index contributed by atoms with van der Waals surface area (Å²) in [5.41, 5.74) is 3.23. The number of carbonyl (C=O) groups excluding carboxylic acids is 1. The number of ether oxygens (including phenoxy) is 4. The first kappa shape index (κ1) is 28.6. The van der Waals surface area contributed by atoms with Gasteiger partial charge in [0.05, 0.1) is 45.4 Å². The highest BCUT2D eigenvalue weighted by Crippen LogP contribution is 2.41. The molecule has 204 valence electrons. The highest BCUT2D eigenvalue weighted by Gasteiger charge is 2.26. The number of hydrogen-bond donors (Lipinski definition) is 1. The second-order valence-corrected chi connectivity index (χ2v) is 15.4. The van der Waals surface area contributed by atoms with Crippen LogP contribution in [0, 0.1) is 6.92 Å². The Morgan fingerprint density at radius 1 is 1.05 bits per heavy atom. The lowest BCUT2D eigenvalue weighted by molar-refractivity contribution is 0.0891. The van der Waals surface area contributed by atoms with Crippen molar-refractivity contribution < 1.29 is 23.7 Å². The third kappa shape index (κ3) is 6.67. The van der Waals surface area contributed by atoms with E-state index in [-0.39, 0.29) is 5.91 Å². The molecule has 0 atom stereocenters. The van der Waals surface area contributed by atoms with Gasteiger partial charge in [-0.2, -0.15) is 0 Å². The van der Waals surface area contributed by atoms with E-state index in [0.717, 1.165) is 17.0 Å². The zero-order valence-corrected chi connectivity index (χ0v) is 24.5. The summed E-state index contributed by atoms with van der Waals surface area (Å²) in [5, 5.41) is 3.07. The van der Waals surface area contributed by atoms with E-state index in [1.54, 1.807) is 27.5 Å². The quantitative estimate of drug-likeness (QED) is 0.380. The van der Waals surface area contributed by atoms with E-state index in [0.29, 0.717) is 53.0 Å². The second kappa shape index (κ2) is 11.2. The Morgan fingerprint density at radius 2 is 1.68 bits per heavy atom. The highest BCUT2D eigenvalue weighted by molar-refractivity contribution is 8.32. The Labute approximate surface area is 221 Å². The van der Waals surface area contributed by atoms with Gasteiger partial charge in [0.15, 0.2) is 17.1 Å². The first-order valence-corrected chi connectivity index (χ1v) is 15.0. The molecule has 0 saturated carbocycles. The summed E-state index contributed by atoms with van der Waals surface area (Å²) in [6.07, 6.45) is 8.47. The zero-order valence-electron chi connectivity index (χ0n) is 23.6. The molecule has 2 aromatic heterocycles. The van der Waals surface area contributed by atoms with Crippen LogP contribution in [0.1, 0.15) is 36.8 Å². The first-order valence-electron chi connectivity index (χ1n) is 12.0. The molecule has 3 rings (SSSR count). The van der Waals surface area contributed by atoms with Gasteiger partial charge >= 0.3 is 0 Å². The standard InChI is InChI=1S/C27H40N4O5S/c1-17-22(26(32)30-27(2,3)4)23-25(31(17)16-36-11-12-37(8,9)10)28-15-19(29-23)18-13-20(33-5)24(35-7)21(14-18)34-6/h13-15H,11-12,16H2,1-10H3,(H,30,32). The number of amides is 1. The normalized spacial score (nSPS) is 12.5. The van der Waals surface area contributed by atoms with Crippen LogP contribution in [0.2, 0.25) is 0 Å². The maximum absolute atomic E-state index is 13.4. The lowest BCUT2D eigenvalue weighted by Gasteiger charge is -2.24. The van der Waals surface area contributed by atoms with Crippen LogP contribution >= 0.6 is 10.0 Å². The molecule has 37 heavy (non-hydrogen) atoms. The van der Waals surface area contributed by atoms with Crippen LogP contribution in [0.4, 0.5) is 0 Å². The molecule has 0 unspecified atom stereocenters. The molecule has 0 saturated heterocycles. The van der Waals surface area contributed by atoms with Gasteiger partial charge in [0.25, 0.3) is 5.91 Å². The summed E-state index contributed by atoms with van der Waals surface area (Å²) >= 11 is 0. The molecule has 1 amide bonds. The Kier molecular flexibility index (Phi) is 8.64. The van der Waals surface area contributed by atoms with Gasteiger partial charge in [-0.15, -0.1) is 0 Å². The molecular weight excluding hydrogens is 492 g/mol. The molecule has 10 heteroatoms. The summed E-state index contributed by atoms with van der Waals surface area (Å²) in [5.74, 6) is 2.30. The molecule has 0 fully saturated rings. The number of nitrogens with zero attached hydrogens (tertiary/aromatic N) is 3. The van der Waals surface area contributed by atoms with Crippen molar-refractivity contribution in [1.29, 1.82) is 0 Å². The fourth-order valence-electron chi connectivity index (χ4n) is 3.88. The average molecular weight is 533 g/mol. The van der Waals surface area contributed by atoms with E-state index < -0.39 is 15.6 Å². The number of nitrogens with one attached hydrogen (secondary N) is 1. The van der Waals surface area contributed by atoms with Crippen LogP contribution in [0.15, 0.2) is 18.3 Å². The van der Waals surface area contributed by atoms with Crippen LogP contribution in [0.3, 0.4) is 0 Å². The summed E-state index contributed by atoms with van der Waals surface area (Å²) in [7, 11) is 4.02. The minimum Gasteiger partial charge on any atom is -0.493 e. The van der Waals surface area contributed by atoms with E-state index in [1.165, 1.54) is 0 Å². The molecule has 1 aromatic carbocycles. The van der Waals surface area contributed by atoms with Crippen LogP contribution < -0.4 is 19.5 Å². The van der Waals surface area contributed by atoms with Crippen molar-refractivity contribution in [2.45, 2.75) is 40.0 Å². The number of hydrogen-bond acceptors (Lipinski definition) is 7. The summed E-state index contributed by atoms with van der Waals surface area (Å²) < 4.78 is 24.4. The van der Waals surface area contributed by atoms with Crippen LogP contribution in [-0.2, 0) is 11.5 Å². The zero-order chi connectivity index (χ0) is 27.5. The van der Waals surface area contributed by atoms with Gasteiger partial charge in [0.1, 0.15) is 12.2 Å². The van der Waals surface area contributed by atoms with Crippen LogP contribution in [-0.4, -0.2) is 78.4 Å². The minimum atomic E-state index is -0.668. The Morgan fingerprint density at radius 3 is 2.19 bits per heavy atom. The minimum absolute atomic E-state index is 0.204. The van der Waals surface area contributed by atoms with Crippen molar-refractivity contribution in [2.24, 2.45) is 0 Å². The first-order chi connectivity index (χ1) is 17.3. The van der Waals surface area contributed by atoms with Crippen molar-refractivity contribution in [2.75, 3.05) is 52.5 Å². The van der Waals surface area contributed by atoms with E-state index in [1.807, 2.05) is 44.4 Å². The molecular formula is C27H40N4O5S. The van der Waals surface area contributed by atoms with E-state index >= 15 is 0 Å². The molecule has 0 aliphatic rings. The number of aromatic nitrogens is 3. The third-order valence-corrected chi connectivity index (χ3v) is 7.14. The van der Waals surface area contributed by atoms with Gasteiger partial charge in [-0.3, -0.25) is 4.79 Å². The van der Waals surface area contributed by atoms with E-state index in [9.17, 15) is 4.79 Å². The Bertz CT molecular complexity index is 1250. The van der Waals surface area contributed by atoms with Crippen molar-refractivity contribution in [3.05, 3.63) is 29.6 Å². The lowest BCUT2D eigenvalue weighted by atomic mass is 10.1. The van der Waals surface area contributed by atoms with Crippen LogP contribution in [0.5, 0.6) is 17.2 Å². The predicted molar refractivity (Wildman–Crippen MR) is 151 cm³/mol. The SMILES string of the molecule is COc1cc(-c2cnc3c(n2)c(C(=O)NC(C)(C)C)c(C)n3COCCS(C)(C)C)cc(OC)c1OC. The molecule has 3 aromatic rings. The Balaban J connectivity index is 2.13. The molecule has 0 aliphatic heterocycles. The molecule has 0 radical (unpaired) electrons. The number of benzene rings is 1. The van der Waals surface area contributed by atoms with E-state index in [4.69, 9.17) is 28.9 Å². The smallest absolute Gasteiger partial charge is 0.255 e. The third-order valence-electron chi connectivity index (χ3n) is 5.75. The topological polar surface area (TPSA) is 96.7 Å². The summed E-state index contributed by atoms with van der Waals surface area (Å²) in [6, 6.07) is 3.63. The largest absolute Gasteiger partial charge is 0.493 e. The van der Waals surface area contributed by atoms with Gasteiger partial charge in [0.2, 0.25) is 5.75 Å². The van der Waals surface area contributed by atoms with Gasteiger partial charge < -0.3 is 28.8 Å².